The lowest BCUT2D eigenvalue weighted by Gasteiger charge is -2.32. The molecule has 0 bridgehead atoms. The molecule has 1 N–H and O–H groups in total. The summed E-state index contributed by atoms with van der Waals surface area (Å²) in [5.74, 6) is 1.01. The Balaban J connectivity index is 1.32. The van der Waals surface area contributed by atoms with Crippen LogP contribution < -0.4 is 20.0 Å². The molecule has 33 heavy (non-hydrogen) atoms. The first-order valence-corrected chi connectivity index (χ1v) is 12.6. The van der Waals surface area contributed by atoms with Gasteiger partial charge in [-0.05, 0) is 36.8 Å². The summed E-state index contributed by atoms with van der Waals surface area (Å²) >= 11 is 6.30. The smallest absolute Gasteiger partial charge is 0.336 e. The van der Waals surface area contributed by atoms with Crippen molar-refractivity contribution in [3.63, 3.8) is 0 Å². The number of rotatable bonds is 4. The molecule has 2 aromatic carbocycles. The highest BCUT2D eigenvalue weighted by Crippen LogP contribution is 2.33. The Hall–Kier alpha value is -2.59. The molecule has 2 aliphatic rings. The maximum Gasteiger partial charge on any atom is 0.336 e. The highest BCUT2D eigenvalue weighted by molar-refractivity contribution is 7.89. The number of sulfonamides is 1. The van der Waals surface area contributed by atoms with Crippen LogP contribution >= 0.6 is 11.6 Å². The van der Waals surface area contributed by atoms with Crippen molar-refractivity contribution in [2.45, 2.75) is 18.4 Å². The van der Waals surface area contributed by atoms with Crippen LogP contribution in [0.1, 0.15) is 11.1 Å². The van der Waals surface area contributed by atoms with Gasteiger partial charge in [0.1, 0.15) is 25.3 Å². The summed E-state index contributed by atoms with van der Waals surface area (Å²) in [5, 5.41) is 1.42. The second-order valence-electron chi connectivity index (χ2n) is 8.32. The highest BCUT2D eigenvalue weighted by atomic mass is 35.5. The zero-order valence-corrected chi connectivity index (χ0v) is 19.7. The summed E-state index contributed by atoms with van der Waals surface area (Å²) in [6.45, 7) is 5.29. The first-order valence-electron chi connectivity index (χ1n) is 10.8. The van der Waals surface area contributed by atoms with Crippen molar-refractivity contribution >= 4 is 32.6 Å². The lowest BCUT2D eigenvalue weighted by molar-refractivity contribution is -0.917. The molecule has 0 spiro atoms. The number of aryl methyl sites for hydroxylation is 1. The van der Waals surface area contributed by atoms with Gasteiger partial charge in [-0.2, -0.15) is 4.31 Å². The summed E-state index contributed by atoms with van der Waals surface area (Å²) in [4.78, 5) is 13.5. The molecule has 0 amide bonds. The monoisotopic (exact) mass is 491 g/mol. The molecule has 0 atom stereocenters. The molecule has 1 aromatic heterocycles. The number of fused-ring (bicyclic) bond motifs is 2. The van der Waals surface area contributed by atoms with Crippen LogP contribution in [0, 0.1) is 6.92 Å². The molecule has 1 saturated heterocycles. The molecule has 10 heteroatoms. The minimum absolute atomic E-state index is 0.201. The molecule has 0 radical (unpaired) electrons. The average Bonchev–Trinajstić information content (AvgIpc) is 2.80. The molecule has 174 valence electrons. The lowest BCUT2D eigenvalue weighted by Crippen LogP contribution is -3.13. The summed E-state index contributed by atoms with van der Waals surface area (Å²) in [5.41, 5.74) is 1.80. The van der Waals surface area contributed by atoms with Crippen LogP contribution in [-0.2, 0) is 16.6 Å². The van der Waals surface area contributed by atoms with Crippen molar-refractivity contribution in [3.05, 3.63) is 63.0 Å². The van der Waals surface area contributed by atoms with Crippen LogP contribution in [0.15, 0.2) is 50.5 Å². The topological polar surface area (TPSA) is 90.5 Å². The normalized spacial score (nSPS) is 17.4. The SMILES string of the molecule is Cc1cc2oc(=O)cc(C[NH+]3CCN(S(=O)(=O)c4ccc5c(c4)OCCO5)CC3)c2cc1Cl. The van der Waals surface area contributed by atoms with Crippen molar-refractivity contribution < 1.29 is 27.2 Å². The van der Waals surface area contributed by atoms with Gasteiger partial charge in [0, 0.05) is 28.1 Å². The van der Waals surface area contributed by atoms with E-state index in [1.807, 2.05) is 13.0 Å². The number of ether oxygens (including phenoxy) is 2. The first kappa shape index (κ1) is 22.2. The second kappa shape index (κ2) is 8.64. The van der Waals surface area contributed by atoms with E-state index in [4.69, 9.17) is 25.5 Å². The van der Waals surface area contributed by atoms with Crippen molar-refractivity contribution in [2.75, 3.05) is 39.4 Å². The molecular formula is C23H24ClN2O6S+. The maximum atomic E-state index is 13.2. The van der Waals surface area contributed by atoms with Crippen molar-refractivity contribution in [1.29, 1.82) is 0 Å². The second-order valence-corrected chi connectivity index (χ2v) is 10.7. The molecule has 0 saturated carbocycles. The summed E-state index contributed by atoms with van der Waals surface area (Å²) < 4.78 is 44.2. The third kappa shape index (κ3) is 4.33. The van der Waals surface area contributed by atoms with Gasteiger partial charge >= 0.3 is 5.63 Å². The number of nitrogens with zero attached hydrogens (tertiary/aromatic N) is 1. The number of halogens is 1. The van der Waals surface area contributed by atoms with Gasteiger partial charge in [0.25, 0.3) is 0 Å². The lowest BCUT2D eigenvalue weighted by atomic mass is 10.1. The molecular weight excluding hydrogens is 468 g/mol. The highest BCUT2D eigenvalue weighted by Gasteiger charge is 2.31. The quantitative estimate of drug-likeness (QED) is 0.558. The number of quaternary nitrogens is 1. The van der Waals surface area contributed by atoms with E-state index in [0.29, 0.717) is 68.0 Å². The number of benzene rings is 2. The van der Waals surface area contributed by atoms with E-state index in [1.165, 1.54) is 21.3 Å². The Bertz CT molecular complexity index is 1380. The summed E-state index contributed by atoms with van der Waals surface area (Å²) in [6.07, 6.45) is 0. The summed E-state index contributed by atoms with van der Waals surface area (Å²) in [6, 6.07) is 9.83. The zero-order valence-electron chi connectivity index (χ0n) is 18.1. The Labute approximate surface area is 196 Å². The minimum atomic E-state index is -3.64. The third-order valence-electron chi connectivity index (χ3n) is 6.13. The molecule has 8 nitrogen and oxygen atoms in total. The third-order valence-corrected chi connectivity index (χ3v) is 8.43. The first-order chi connectivity index (χ1) is 15.8. The molecule has 0 unspecified atom stereocenters. The molecule has 5 rings (SSSR count). The fourth-order valence-corrected chi connectivity index (χ4v) is 5.94. The van der Waals surface area contributed by atoms with Crippen LogP contribution in [-0.4, -0.2) is 52.1 Å². The van der Waals surface area contributed by atoms with Crippen LogP contribution in [0.5, 0.6) is 11.5 Å². The van der Waals surface area contributed by atoms with Gasteiger partial charge in [-0.15, -0.1) is 0 Å². The predicted octanol–water partition coefficient (Wildman–Crippen LogP) is 1.62. The Morgan fingerprint density at radius 2 is 1.76 bits per heavy atom. The predicted molar refractivity (Wildman–Crippen MR) is 123 cm³/mol. The van der Waals surface area contributed by atoms with E-state index in [-0.39, 0.29) is 4.90 Å². The fourth-order valence-electron chi connectivity index (χ4n) is 4.32. The van der Waals surface area contributed by atoms with Crippen molar-refractivity contribution in [2.24, 2.45) is 0 Å². The standard InChI is InChI=1S/C23H23ClN2O6S/c1-15-10-21-18(13-19(15)24)16(11-23(27)32-21)14-25-4-6-26(7-5-25)33(28,29)17-2-3-20-22(12-17)31-9-8-30-20/h2-3,10-13H,4-9,14H2,1H3/p+1. The molecule has 0 aliphatic carbocycles. The van der Waals surface area contributed by atoms with Crippen molar-refractivity contribution in [1.82, 2.24) is 4.31 Å². The molecule has 3 aromatic rings. The van der Waals surface area contributed by atoms with E-state index in [1.54, 1.807) is 18.2 Å². The van der Waals surface area contributed by atoms with Crippen LogP contribution in [0.25, 0.3) is 11.0 Å². The van der Waals surface area contributed by atoms with E-state index < -0.39 is 15.6 Å². The molecule has 2 aliphatic heterocycles. The van der Waals surface area contributed by atoms with Gasteiger partial charge in [-0.1, -0.05) is 11.6 Å². The number of hydrogen-bond acceptors (Lipinski definition) is 6. The number of hydrogen-bond donors (Lipinski definition) is 1. The fraction of sp³-hybridized carbons (Fsp3) is 0.348. The van der Waals surface area contributed by atoms with Gasteiger partial charge < -0.3 is 18.8 Å². The van der Waals surface area contributed by atoms with E-state index in [0.717, 1.165) is 16.5 Å². The van der Waals surface area contributed by atoms with E-state index in [2.05, 4.69) is 0 Å². The Morgan fingerprint density at radius 1 is 1.03 bits per heavy atom. The van der Waals surface area contributed by atoms with Crippen LogP contribution in [0.4, 0.5) is 0 Å². The molecule has 1 fully saturated rings. The average molecular weight is 492 g/mol. The summed E-state index contributed by atoms with van der Waals surface area (Å²) in [7, 11) is -3.64. The van der Waals surface area contributed by atoms with E-state index in [9.17, 15) is 13.2 Å². The van der Waals surface area contributed by atoms with Gasteiger partial charge in [0.05, 0.1) is 31.1 Å². The van der Waals surface area contributed by atoms with Gasteiger partial charge in [0.2, 0.25) is 10.0 Å². The Morgan fingerprint density at radius 3 is 2.52 bits per heavy atom. The van der Waals surface area contributed by atoms with Crippen LogP contribution in [0.2, 0.25) is 5.02 Å². The Kier molecular flexibility index (Phi) is 5.82. The van der Waals surface area contributed by atoms with E-state index >= 15 is 0 Å². The van der Waals surface area contributed by atoms with Gasteiger partial charge in [-0.3, -0.25) is 0 Å². The zero-order chi connectivity index (χ0) is 23.2. The largest absolute Gasteiger partial charge is 0.486 e. The van der Waals surface area contributed by atoms with Gasteiger partial charge in [-0.25, -0.2) is 13.2 Å². The minimum Gasteiger partial charge on any atom is -0.486 e. The molecule has 3 heterocycles. The van der Waals surface area contributed by atoms with Crippen molar-refractivity contribution in [3.8, 4) is 11.5 Å². The number of nitrogens with one attached hydrogen (secondary N) is 1. The van der Waals surface area contributed by atoms with Crippen LogP contribution in [0.3, 0.4) is 0 Å². The maximum absolute atomic E-state index is 13.2. The van der Waals surface area contributed by atoms with Gasteiger partial charge in [0.15, 0.2) is 11.5 Å². The number of piperazine rings is 1.